The highest BCUT2D eigenvalue weighted by Crippen LogP contribution is 2.28. The van der Waals surface area contributed by atoms with E-state index < -0.39 is 5.41 Å². The quantitative estimate of drug-likeness (QED) is 0.256. The van der Waals surface area contributed by atoms with E-state index in [2.05, 4.69) is 15.0 Å². The van der Waals surface area contributed by atoms with Gasteiger partial charge >= 0.3 is 0 Å². The number of aromatic amines is 1. The first-order valence-corrected chi connectivity index (χ1v) is 11.7. The van der Waals surface area contributed by atoms with E-state index in [0.29, 0.717) is 12.4 Å². The zero-order chi connectivity index (χ0) is 24.8. The summed E-state index contributed by atoms with van der Waals surface area (Å²) in [4.78, 5) is 12.5. The molecular weight excluding hydrogens is 438 g/mol. The number of rotatable bonds is 9. The second kappa shape index (κ2) is 10.5. The van der Waals surface area contributed by atoms with Crippen LogP contribution in [-0.4, -0.2) is 33.8 Å². The standard InChI is InChI=1S/C29H31N3O3/c1-5-6-27(33)29(2,3)19-35-24-14-9-20(10-15-24)25-16-11-22(17-30-25)28-31-18-26(32-28)21-7-12-23(34-4)13-8-21/h6-18,33H,5,19H2,1-4H3,(H,31,32)/b27-6-. The number of pyridine rings is 1. The maximum Gasteiger partial charge on any atom is 0.139 e. The van der Waals surface area contributed by atoms with Crippen LogP contribution in [0.5, 0.6) is 11.5 Å². The minimum absolute atomic E-state index is 0.355. The Morgan fingerprint density at radius 1 is 0.886 bits per heavy atom. The van der Waals surface area contributed by atoms with Crippen LogP contribution >= 0.6 is 0 Å². The number of nitrogens with zero attached hydrogens (tertiary/aromatic N) is 2. The Hall–Kier alpha value is -4.06. The van der Waals surface area contributed by atoms with Gasteiger partial charge in [-0.2, -0.15) is 0 Å². The molecular formula is C29H31N3O3. The lowest BCUT2D eigenvalue weighted by Crippen LogP contribution is -2.24. The molecule has 0 aliphatic carbocycles. The van der Waals surface area contributed by atoms with Crippen molar-refractivity contribution in [2.45, 2.75) is 27.2 Å². The van der Waals surface area contributed by atoms with Crippen molar-refractivity contribution in [2.24, 2.45) is 5.41 Å². The Bertz CT molecular complexity index is 1270. The van der Waals surface area contributed by atoms with E-state index in [1.807, 2.05) is 99.9 Å². The summed E-state index contributed by atoms with van der Waals surface area (Å²) in [5.41, 5.74) is 4.31. The molecule has 0 aliphatic rings. The van der Waals surface area contributed by atoms with E-state index in [4.69, 9.17) is 9.47 Å². The second-order valence-electron chi connectivity index (χ2n) is 9.00. The third-order valence-electron chi connectivity index (χ3n) is 5.85. The third-order valence-corrected chi connectivity index (χ3v) is 5.85. The number of H-pyrrole nitrogens is 1. The smallest absolute Gasteiger partial charge is 0.139 e. The molecule has 6 nitrogen and oxygen atoms in total. The highest BCUT2D eigenvalue weighted by atomic mass is 16.5. The Balaban J connectivity index is 1.42. The molecule has 0 aliphatic heterocycles. The van der Waals surface area contributed by atoms with Gasteiger partial charge < -0.3 is 19.6 Å². The molecule has 2 N–H and O–H groups in total. The Morgan fingerprint density at radius 3 is 2.17 bits per heavy atom. The molecule has 6 heteroatoms. The molecule has 0 radical (unpaired) electrons. The van der Waals surface area contributed by atoms with Crippen LogP contribution in [0.4, 0.5) is 0 Å². The second-order valence-corrected chi connectivity index (χ2v) is 9.00. The number of benzene rings is 2. The van der Waals surface area contributed by atoms with Crippen LogP contribution in [0.15, 0.2) is 84.9 Å². The number of imidazole rings is 1. The number of nitrogens with one attached hydrogen (secondary N) is 1. The fourth-order valence-corrected chi connectivity index (χ4v) is 3.62. The molecule has 0 saturated carbocycles. The number of allylic oxidation sites excluding steroid dienone is 1. The van der Waals surface area contributed by atoms with E-state index in [0.717, 1.165) is 51.8 Å². The van der Waals surface area contributed by atoms with Crippen molar-refractivity contribution in [3.05, 3.63) is 84.9 Å². The Labute approximate surface area is 206 Å². The number of methoxy groups -OCH3 is 1. The summed E-state index contributed by atoms with van der Waals surface area (Å²) in [6.45, 7) is 6.32. The summed E-state index contributed by atoms with van der Waals surface area (Å²) < 4.78 is 11.1. The number of aromatic nitrogens is 3. The number of aliphatic hydroxyl groups excluding tert-OH is 1. The van der Waals surface area contributed by atoms with Gasteiger partial charge in [-0.25, -0.2) is 4.98 Å². The Morgan fingerprint density at radius 2 is 1.54 bits per heavy atom. The van der Waals surface area contributed by atoms with Gasteiger partial charge in [0.05, 0.1) is 35.9 Å². The minimum Gasteiger partial charge on any atom is -0.512 e. The van der Waals surface area contributed by atoms with Crippen LogP contribution in [0.25, 0.3) is 33.9 Å². The summed E-state index contributed by atoms with van der Waals surface area (Å²) in [6, 6.07) is 19.7. The van der Waals surface area contributed by atoms with Crippen LogP contribution in [0.3, 0.4) is 0 Å². The molecule has 4 rings (SSSR count). The highest BCUT2D eigenvalue weighted by molar-refractivity contribution is 5.67. The lowest BCUT2D eigenvalue weighted by molar-refractivity contribution is 0.157. The van der Waals surface area contributed by atoms with Gasteiger partial charge in [0.1, 0.15) is 23.9 Å². The van der Waals surface area contributed by atoms with Gasteiger partial charge in [0.25, 0.3) is 0 Å². The van der Waals surface area contributed by atoms with Gasteiger partial charge in [0.15, 0.2) is 0 Å². The number of hydrogen-bond acceptors (Lipinski definition) is 5. The normalized spacial score (nSPS) is 11.9. The molecule has 35 heavy (non-hydrogen) atoms. The largest absolute Gasteiger partial charge is 0.512 e. The number of hydrogen-bond donors (Lipinski definition) is 2. The zero-order valence-electron chi connectivity index (χ0n) is 20.6. The Kier molecular flexibility index (Phi) is 7.20. The van der Waals surface area contributed by atoms with E-state index in [1.54, 1.807) is 7.11 Å². The predicted octanol–water partition coefficient (Wildman–Crippen LogP) is 7.07. The van der Waals surface area contributed by atoms with E-state index in [-0.39, 0.29) is 0 Å². The van der Waals surface area contributed by atoms with Crippen molar-refractivity contribution >= 4 is 0 Å². The third kappa shape index (κ3) is 5.72. The fraction of sp³-hybridized carbons (Fsp3) is 0.241. The molecule has 4 aromatic rings. The number of aliphatic hydroxyl groups is 1. The van der Waals surface area contributed by atoms with Gasteiger partial charge in [-0.15, -0.1) is 0 Å². The average molecular weight is 470 g/mol. The molecule has 0 amide bonds. The monoisotopic (exact) mass is 469 g/mol. The highest BCUT2D eigenvalue weighted by Gasteiger charge is 2.24. The van der Waals surface area contributed by atoms with Gasteiger partial charge in [-0.1, -0.05) is 6.92 Å². The summed E-state index contributed by atoms with van der Waals surface area (Å²) in [5, 5.41) is 10.2. The van der Waals surface area contributed by atoms with Crippen molar-refractivity contribution in [1.29, 1.82) is 0 Å². The van der Waals surface area contributed by atoms with Gasteiger partial charge in [-0.05, 0) is 92.6 Å². The molecule has 0 spiro atoms. The van der Waals surface area contributed by atoms with E-state index in [1.165, 1.54) is 0 Å². The van der Waals surface area contributed by atoms with Crippen molar-refractivity contribution in [2.75, 3.05) is 13.7 Å². The van der Waals surface area contributed by atoms with Crippen molar-refractivity contribution in [3.8, 4) is 45.4 Å². The lowest BCUT2D eigenvalue weighted by atomic mass is 9.91. The summed E-state index contributed by atoms with van der Waals surface area (Å²) >= 11 is 0. The maximum atomic E-state index is 10.2. The first kappa shape index (κ1) is 24.1. The molecule has 0 fully saturated rings. The molecule has 2 aromatic carbocycles. The maximum absolute atomic E-state index is 10.2. The first-order chi connectivity index (χ1) is 16.9. The molecule has 0 bridgehead atoms. The summed E-state index contributed by atoms with van der Waals surface area (Å²) in [5.74, 6) is 2.69. The van der Waals surface area contributed by atoms with Crippen LogP contribution < -0.4 is 9.47 Å². The van der Waals surface area contributed by atoms with Gasteiger partial charge in [0, 0.05) is 17.3 Å². The van der Waals surface area contributed by atoms with E-state index >= 15 is 0 Å². The summed E-state index contributed by atoms with van der Waals surface area (Å²) in [7, 11) is 1.66. The molecule has 0 atom stereocenters. The summed E-state index contributed by atoms with van der Waals surface area (Å²) in [6.07, 6.45) is 6.26. The van der Waals surface area contributed by atoms with E-state index in [9.17, 15) is 5.11 Å². The van der Waals surface area contributed by atoms with Gasteiger partial charge in [0.2, 0.25) is 0 Å². The van der Waals surface area contributed by atoms with Crippen molar-refractivity contribution in [3.63, 3.8) is 0 Å². The van der Waals surface area contributed by atoms with Crippen molar-refractivity contribution in [1.82, 2.24) is 15.0 Å². The molecule has 0 unspecified atom stereocenters. The van der Waals surface area contributed by atoms with Crippen LogP contribution in [0, 0.1) is 5.41 Å². The average Bonchev–Trinajstić information content (AvgIpc) is 3.38. The minimum atomic E-state index is -0.439. The topological polar surface area (TPSA) is 80.3 Å². The predicted molar refractivity (Wildman–Crippen MR) is 140 cm³/mol. The van der Waals surface area contributed by atoms with Crippen LogP contribution in [0.1, 0.15) is 27.2 Å². The van der Waals surface area contributed by atoms with Crippen LogP contribution in [0.2, 0.25) is 0 Å². The fourth-order valence-electron chi connectivity index (χ4n) is 3.62. The SMILES string of the molecule is CC/C=C(\O)C(C)(C)COc1ccc(-c2ccc(-c3ncc(-c4ccc(OC)cc4)[nH]3)cn2)cc1. The first-order valence-electron chi connectivity index (χ1n) is 11.7. The molecule has 2 heterocycles. The lowest BCUT2D eigenvalue weighted by Gasteiger charge is -2.24. The van der Waals surface area contributed by atoms with Crippen LogP contribution in [-0.2, 0) is 0 Å². The zero-order valence-corrected chi connectivity index (χ0v) is 20.6. The molecule has 0 saturated heterocycles. The van der Waals surface area contributed by atoms with Crippen molar-refractivity contribution < 1.29 is 14.6 Å². The molecule has 180 valence electrons. The molecule has 2 aromatic heterocycles. The van der Waals surface area contributed by atoms with Gasteiger partial charge in [-0.3, -0.25) is 4.98 Å². The number of ether oxygens (including phenoxy) is 2.